The van der Waals surface area contributed by atoms with Gasteiger partial charge in [0.1, 0.15) is 5.52 Å². The van der Waals surface area contributed by atoms with E-state index in [9.17, 15) is 14.3 Å². The number of ether oxygens (including phenoxy) is 2. The highest BCUT2D eigenvalue weighted by Crippen LogP contribution is 2.48. The molecule has 0 radical (unpaired) electrons. The minimum Gasteiger partial charge on any atom is -0.494 e. The number of hydrogen-bond acceptors (Lipinski definition) is 4. The third-order valence-electron chi connectivity index (χ3n) is 8.17. The average molecular weight is 510 g/mol. The lowest BCUT2D eigenvalue weighted by Gasteiger charge is -2.31. The molecular formula is C28H29F2N3O4. The van der Waals surface area contributed by atoms with Gasteiger partial charge in [-0.15, -0.1) is 0 Å². The van der Waals surface area contributed by atoms with Crippen LogP contribution in [-0.4, -0.2) is 46.2 Å². The van der Waals surface area contributed by atoms with E-state index in [0.29, 0.717) is 66.4 Å². The monoisotopic (exact) mass is 509 g/mol. The SMILES string of the molecule is COc1cc(-n2c(C3CCOCC3)c(C3CCC(C(=O)O)CC3)c3c(F)c4[nH]ncc4cc32)ccc1F. The number of carboxylic acid groups (broad SMARTS) is 1. The fraction of sp³-hybridized carbons (Fsp3) is 0.429. The third-order valence-corrected chi connectivity index (χ3v) is 8.17. The number of carbonyl (C=O) groups is 1. The van der Waals surface area contributed by atoms with Crippen molar-refractivity contribution < 1.29 is 28.2 Å². The van der Waals surface area contributed by atoms with Gasteiger partial charge >= 0.3 is 5.97 Å². The van der Waals surface area contributed by atoms with Gasteiger partial charge in [-0.3, -0.25) is 9.89 Å². The molecule has 194 valence electrons. The standard InChI is InChI=1S/C28H29F2N3O4/c1-36-22-13-19(6-7-20(22)29)33-21-12-18-14-31-32-26(18)25(30)24(21)23(27(33)16-8-10-37-11-9-16)15-2-4-17(5-3-15)28(34)35/h6-7,12-17H,2-5,8-11H2,1H3,(H,31,32)(H,34,35). The lowest BCUT2D eigenvalue weighted by molar-refractivity contribution is -0.142. The van der Waals surface area contributed by atoms with Crippen LogP contribution >= 0.6 is 0 Å². The molecule has 4 aromatic rings. The molecule has 0 spiro atoms. The number of aliphatic carboxylic acids is 1. The van der Waals surface area contributed by atoms with Crippen LogP contribution in [0.3, 0.4) is 0 Å². The van der Waals surface area contributed by atoms with E-state index in [1.807, 2.05) is 6.07 Å². The third kappa shape index (κ3) is 3.96. The zero-order valence-corrected chi connectivity index (χ0v) is 20.6. The molecule has 0 bridgehead atoms. The quantitative estimate of drug-likeness (QED) is 0.342. The molecule has 0 atom stereocenters. The van der Waals surface area contributed by atoms with Crippen LogP contribution in [0.4, 0.5) is 8.78 Å². The Morgan fingerprint density at radius 3 is 2.57 bits per heavy atom. The first-order chi connectivity index (χ1) is 18.0. The van der Waals surface area contributed by atoms with Crippen molar-refractivity contribution in [2.45, 2.75) is 50.4 Å². The Balaban J connectivity index is 1.66. The fourth-order valence-corrected chi connectivity index (χ4v) is 6.33. The lowest BCUT2D eigenvalue weighted by atomic mass is 9.76. The van der Waals surface area contributed by atoms with E-state index in [-0.39, 0.29) is 29.3 Å². The van der Waals surface area contributed by atoms with E-state index in [1.165, 1.54) is 13.2 Å². The largest absolute Gasteiger partial charge is 0.494 e. The van der Waals surface area contributed by atoms with E-state index in [1.54, 1.807) is 18.3 Å². The number of nitrogens with one attached hydrogen (secondary N) is 1. The van der Waals surface area contributed by atoms with Crippen molar-refractivity contribution in [2.24, 2.45) is 5.92 Å². The summed E-state index contributed by atoms with van der Waals surface area (Å²) < 4.78 is 43.7. The molecule has 1 aliphatic heterocycles. The number of hydrogen-bond donors (Lipinski definition) is 2. The topological polar surface area (TPSA) is 89.4 Å². The van der Waals surface area contributed by atoms with Gasteiger partial charge in [0, 0.05) is 47.4 Å². The summed E-state index contributed by atoms with van der Waals surface area (Å²) in [5.41, 5.74) is 3.67. The van der Waals surface area contributed by atoms with Crippen molar-refractivity contribution >= 4 is 27.8 Å². The summed E-state index contributed by atoms with van der Waals surface area (Å²) in [4.78, 5) is 11.6. The van der Waals surface area contributed by atoms with Gasteiger partial charge in [-0.2, -0.15) is 5.10 Å². The summed E-state index contributed by atoms with van der Waals surface area (Å²) in [6.45, 7) is 1.22. The van der Waals surface area contributed by atoms with Crippen LogP contribution in [0.15, 0.2) is 30.5 Å². The summed E-state index contributed by atoms with van der Waals surface area (Å²) >= 11 is 0. The number of fused-ring (bicyclic) bond motifs is 2. The normalized spacial score (nSPS) is 21.1. The predicted molar refractivity (Wildman–Crippen MR) is 135 cm³/mol. The van der Waals surface area contributed by atoms with Gasteiger partial charge < -0.3 is 19.1 Å². The average Bonchev–Trinajstić information content (AvgIpc) is 3.53. The van der Waals surface area contributed by atoms with Crippen molar-refractivity contribution in [3.05, 3.63) is 53.4 Å². The molecule has 6 rings (SSSR count). The van der Waals surface area contributed by atoms with Crippen LogP contribution < -0.4 is 4.74 Å². The second-order valence-electron chi connectivity index (χ2n) is 10.1. The summed E-state index contributed by atoms with van der Waals surface area (Å²) in [6, 6.07) is 6.66. The molecule has 7 nitrogen and oxygen atoms in total. The van der Waals surface area contributed by atoms with Crippen LogP contribution in [0.5, 0.6) is 5.75 Å². The van der Waals surface area contributed by atoms with Gasteiger partial charge in [-0.05, 0) is 68.2 Å². The highest BCUT2D eigenvalue weighted by molar-refractivity contribution is 6.00. The van der Waals surface area contributed by atoms with E-state index in [0.717, 1.165) is 24.1 Å². The van der Waals surface area contributed by atoms with Crippen LogP contribution in [0, 0.1) is 17.6 Å². The summed E-state index contributed by atoms with van der Waals surface area (Å²) in [5, 5.41) is 17.6. The molecule has 0 unspecified atom stereocenters. The van der Waals surface area contributed by atoms with Crippen molar-refractivity contribution in [2.75, 3.05) is 20.3 Å². The molecule has 9 heteroatoms. The number of methoxy groups -OCH3 is 1. The predicted octanol–water partition coefficient (Wildman–Crippen LogP) is 6.05. The van der Waals surface area contributed by atoms with Crippen molar-refractivity contribution in [1.29, 1.82) is 0 Å². The number of halogens is 2. The molecule has 2 fully saturated rings. The van der Waals surface area contributed by atoms with Gasteiger partial charge in [0.25, 0.3) is 0 Å². The Labute approximate surface area is 212 Å². The molecular weight excluding hydrogens is 480 g/mol. The van der Waals surface area contributed by atoms with Gasteiger partial charge in [-0.1, -0.05) is 0 Å². The van der Waals surface area contributed by atoms with Gasteiger partial charge in [0.05, 0.1) is 24.7 Å². The maximum absolute atomic E-state index is 16.3. The van der Waals surface area contributed by atoms with Crippen molar-refractivity contribution in [3.63, 3.8) is 0 Å². The van der Waals surface area contributed by atoms with Crippen LogP contribution in [0.2, 0.25) is 0 Å². The molecule has 3 heterocycles. The van der Waals surface area contributed by atoms with E-state index < -0.39 is 11.8 Å². The molecule has 0 amide bonds. The maximum atomic E-state index is 16.3. The molecule has 2 aliphatic rings. The first-order valence-corrected chi connectivity index (χ1v) is 12.8. The van der Waals surface area contributed by atoms with E-state index >= 15 is 4.39 Å². The summed E-state index contributed by atoms with van der Waals surface area (Å²) in [7, 11) is 1.43. The molecule has 2 aromatic carbocycles. The molecule has 2 N–H and O–H groups in total. The number of aromatic nitrogens is 3. The van der Waals surface area contributed by atoms with E-state index in [4.69, 9.17) is 9.47 Å². The Morgan fingerprint density at radius 2 is 1.86 bits per heavy atom. The summed E-state index contributed by atoms with van der Waals surface area (Å²) in [5.74, 6) is -1.73. The van der Waals surface area contributed by atoms with Gasteiger partial charge in [-0.25, -0.2) is 8.78 Å². The van der Waals surface area contributed by atoms with Crippen molar-refractivity contribution in [3.8, 4) is 11.4 Å². The lowest BCUT2D eigenvalue weighted by Crippen LogP contribution is -2.23. The Bertz CT molecular complexity index is 1480. The molecule has 1 aliphatic carbocycles. The van der Waals surface area contributed by atoms with Crippen LogP contribution in [0.25, 0.3) is 27.5 Å². The smallest absolute Gasteiger partial charge is 0.306 e. The van der Waals surface area contributed by atoms with Crippen LogP contribution in [0.1, 0.15) is 61.6 Å². The number of rotatable bonds is 5. The number of aromatic amines is 1. The Hall–Kier alpha value is -3.46. The summed E-state index contributed by atoms with van der Waals surface area (Å²) in [6.07, 6.45) is 5.61. The highest BCUT2D eigenvalue weighted by Gasteiger charge is 2.36. The van der Waals surface area contributed by atoms with Gasteiger partial charge in [0.2, 0.25) is 0 Å². The zero-order valence-electron chi connectivity index (χ0n) is 20.6. The van der Waals surface area contributed by atoms with Crippen LogP contribution in [-0.2, 0) is 9.53 Å². The second kappa shape index (κ2) is 9.45. The van der Waals surface area contributed by atoms with E-state index in [2.05, 4.69) is 14.8 Å². The maximum Gasteiger partial charge on any atom is 0.306 e. The minimum absolute atomic E-state index is 0.00871. The van der Waals surface area contributed by atoms with Gasteiger partial charge in [0.15, 0.2) is 17.4 Å². The molecule has 2 aromatic heterocycles. The number of H-pyrrole nitrogens is 1. The van der Waals surface area contributed by atoms with Crippen molar-refractivity contribution in [1.82, 2.24) is 14.8 Å². The zero-order chi connectivity index (χ0) is 25.7. The Morgan fingerprint density at radius 1 is 1.11 bits per heavy atom. The molecule has 1 saturated carbocycles. The fourth-order valence-electron chi connectivity index (χ4n) is 6.33. The molecule has 37 heavy (non-hydrogen) atoms. The number of benzene rings is 2. The second-order valence-corrected chi connectivity index (χ2v) is 10.1. The first-order valence-electron chi connectivity index (χ1n) is 12.8. The minimum atomic E-state index is -0.769. The first kappa shape index (κ1) is 23.9. The molecule has 1 saturated heterocycles. The highest BCUT2D eigenvalue weighted by atomic mass is 19.1. The Kier molecular flexibility index (Phi) is 6.10. The number of carboxylic acids is 1. The number of nitrogens with zero attached hydrogens (tertiary/aromatic N) is 2.